The highest BCUT2D eigenvalue weighted by Gasteiger charge is 2.52. The van der Waals surface area contributed by atoms with Crippen LogP contribution in [0.1, 0.15) is 43.0 Å². The Labute approximate surface area is 450 Å². The SMILES string of the molecule is C=C/C=C(\C=C/C)n1c2ccccc2c2ccc3c4c(-c5ccc(N(c6ccc(-c7ccccc7)cc6)c6cccc7c6-c6ccccc6C76C(/C=C\C)=C(C)c7ccccc76)cc5)cccc4n(-c4ccccc4)c3c21. The van der Waals surface area contributed by atoms with E-state index in [0.717, 1.165) is 56.1 Å². The van der Waals surface area contributed by atoms with E-state index in [1.165, 1.54) is 82.8 Å². The normalized spacial score (nSPS) is 15.0. The van der Waals surface area contributed by atoms with Crippen LogP contribution >= 0.6 is 0 Å². The van der Waals surface area contributed by atoms with Gasteiger partial charge in [-0.2, -0.15) is 0 Å². The van der Waals surface area contributed by atoms with Crippen LogP contribution in [0.25, 0.3) is 93.9 Å². The molecule has 0 aliphatic heterocycles. The van der Waals surface area contributed by atoms with Crippen LogP contribution in [0.2, 0.25) is 0 Å². The van der Waals surface area contributed by atoms with Crippen molar-refractivity contribution in [1.82, 2.24) is 9.13 Å². The second kappa shape index (κ2) is 18.3. The average Bonchev–Trinajstić information content (AvgIpc) is 4.24. The van der Waals surface area contributed by atoms with Crippen LogP contribution in [0.3, 0.4) is 0 Å². The lowest BCUT2D eigenvalue weighted by atomic mass is 9.69. The van der Waals surface area contributed by atoms with Gasteiger partial charge in [-0.3, -0.25) is 0 Å². The Morgan fingerprint density at radius 3 is 1.79 bits per heavy atom. The highest BCUT2D eigenvalue weighted by molar-refractivity contribution is 6.26. The highest BCUT2D eigenvalue weighted by atomic mass is 15.1. The van der Waals surface area contributed by atoms with Crippen LogP contribution < -0.4 is 4.90 Å². The molecular weight excluding hydrogens is 931 g/mol. The van der Waals surface area contributed by atoms with Crippen LogP contribution in [0, 0.1) is 0 Å². The lowest BCUT2D eigenvalue weighted by molar-refractivity contribution is 0.785. The van der Waals surface area contributed by atoms with Crippen molar-refractivity contribution in [1.29, 1.82) is 0 Å². The third-order valence-electron chi connectivity index (χ3n) is 16.3. The van der Waals surface area contributed by atoms with E-state index in [4.69, 9.17) is 0 Å². The van der Waals surface area contributed by atoms with Gasteiger partial charge in [0.1, 0.15) is 0 Å². The summed E-state index contributed by atoms with van der Waals surface area (Å²) < 4.78 is 4.90. The van der Waals surface area contributed by atoms with Gasteiger partial charge in [-0.15, -0.1) is 0 Å². The summed E-state index contributed by atoms with van der Waals surface area (Å²) in [6, 6.07) is 85.3. The topological polar surface area (TPSA) is 13.1 Å². The Kier molecular flexibility index (Phi) is 10.9. The summed E-state index contributed by atoms with van der Waals surface area (Å²) in [4.78, 5) is 2.48. The third kappa shape index (κ3) is 6.76. The number of hydrogen-bond acceptors (Lipinski definition) is 1. The first-order valence-electron chi connectivity index (χ1n) is 26.8. The Morgan fingerprint density at radius 2 is 1.06 bits per heavy atom. The largest absolute Gasteiger partial charge is 0.310 e. The summed E-state index contributed by atoms with van der Waals surface area (Å²) in [6.45, 7) is 10.7. The van der Waals surface area contributed by atoms with Crippen LogP contribution in [0.4, 0.5) is 17.1 Å². The van der Waals surface area contributed by atoms with Gasteiger partial charge in [0.25, 0.3) is 0 Å². The molecule has 77 heavy (non-hydrogen) atoms. The van der Waals surface area contributed by atoms with Gasteiger partial charge in [0.2, 0.25) is 0 Å². The number of hydrogen-bond donors (Lipinski definition) is 0. The van der Waals surface area contributed by atoms with Gasteiger partial charge in [0, 0.05) is 49.9 Å². The zero-order chi connectivity index (χ0) is 51.8. The van der Waals surface area contributed by atoms with Crippen molar-refractivity contribution in [3.63, 3.8) is 0 Å². The minimum Gasteiger partial charge on any atom is -0.310 e. The Bertz CT molecular complexity index is 4460. The maximum absolute atomic E-state index is 4.15. The smallest absolute Gasteiger partial charge is 0.0789 e. The quantitative estimate of drug-likeness (QED) is 0.124. The lowest BCUT2D eigenvalue weighted by Crippen LogP contribution is -2.26. The summed E-state index contributed by atoms with van der Waals surface area (Å²) in [7, 11) is 0. The Morgan fingerprint density at radius 1 is 0.481 bits per heavy atom. The van der Waals surface area contributed by atoms with Crippen molar-refractivity contribution >= 4 is 71.9 Å². The molecule has 0 fully saturated rings. The minimum atomic E-state index is -0.463. The van der Waals surface area contributed by atoms with E-state index in [0.29, 0.717) is 0 Å². The molecule has 2 aliphatic rings. The van der Waals surface area contributed by atoms with E-state index in [1.807, 2.05) is 6.08 Å². The van der Waals surface area contributed by atoms with Crippen molar-refractivity contribution in [2.45, 2.75) is 26.2 Å². The van der Waals surface area contributed by atoms with Gasteiger partial charge in [-0.05, 0) is 149 Å². The number of fused-ring (bicyclic) bond motifs is 14. The van der Waals surface area contributed by atoms with Crippen molar-refractivity contribution in [2.24, 2.45) is 0 Å². The van der Waals surface area contributed by atoms with E-state index in [2.05, 4.69) is 302 Å². The number of rotatable bonds is 10. The molecule has 1 atom stereocenters. The maximum Gasteiger partial charge on any atom is 0.0789 e. The monoisotopic (exact) mass is 985 g/mol. The van der Waals surface area contributed by atoms with Crippen LogP contribution in [-0.4, -0.2) is 9.13 Å². The first-order valence-corrected chi connectivity index (χ1v) is 26.8. The molecule has 0 radical (unpaired) electrons. The van der Waals surface area contributed by atoms with Gasteiger partial charge >= 0.3 is 0 Å². The zero-order valence-electron chi connectivity index (χ0n) is 43.5. The highest BCUT2D eigenvalue weighted by Crippen LogP contribution is 2.64. The molecule has 14 rings (SSSR count). The summed E-state index contributed by atoms with van der Waals surface area (Å²) in [5, 5.41) is 4.83. The van der Waals surface area contributed by atoms with E-state index < -0.39 is 5.41 Å². The lowest BCUT2D eigenvalue weighted by Gasteiger charge is -2.32. The Balaban J connectivity index is 0.996. The standard InChI is InChI=1S/C74H55N3/c1-5-22-53(23-6-2)76-67-36-19-16-30-59(67)60-47-48-62-70-58(32-20-37-68(70)77(73(62)72(60)76)54-27-12-9-13-28-54)52-41-45-56(46-42-52)75(55-43-39-51(40-44-55)50-25-10-8-11-26-50)69-38-21-35-66-71(69)61-31-15-18-34-65(61)74(66)63(24-7-3)49(4)57-29-14-17-33-64(57)74/h5-48H,1H2,2-4H3/b23-6-,24-7-,53-22+. The van der Waals surface area contributed by atoms with Crippen LogP contribution in [0.5, 0.6) is 0 Å². The molecule has 2 aromatic heterocycles. The van der Waals surface area contributed by atoms with Crippen molar-refractivity contribution < 1.29 is 0 Å². The van der Waals surface area contributed by atoms with E-state index in [-0.39, 0.29) is 0 Å². The Hall–Kier alpha value is -9.70. The van der Waals surface area contributed by atoms with E-state index >= 15 is 0 Å². The predicted molar refractivity (Wildman–Crippen MR) is 328 cm³/mol. The number of aromatic nitrogens is 2. The first-order chi connectivity index (χ1) is 38.0. The molecule has 2 heterocycles. The predicted octanol–water partition coefficient (Wildman–Crippen LogP) is 20.0. The van der Waals surface area contributed by atoms with Crippen LogP contribution in [-0.2, 0) is 5.41 Å². The second-order valence-corrected chi connectivity index (χ2v) is 20.3. The molecule has 366 valence electrons. The number of anilines is 3. The molecule has 3 nitrogen and oxygen atoms in total. The van der Waals surface area contributed by atoms with E-state index in [1.54, 1.807) is 0 Å². The summed E-state index contributed by atoms with van der Waals surface area (Å²) >= 11 is 0. The second-order valence-electron chi connectivity index (χ2n) is 20.3. The molecule has 0 bridgehead atoms. The summed E-state index contributed by atoms with van der Waals surface area (Å²) in [5.74, 6) is 0. The van der Waals surface area contributed by atoms with Gasteiger partial charge < -0.3 is 14.0 Å². The molecule has 0 saturated heterocycles. The molecule has 0 amide bonds. The summed E-state index contributed by atoms with van der Waals surface area (Å²) in [6.07, 6.45) is 12.9. The van der Waals surface area contributed by atoms with E-state index in [9.17, 15) is 0 Å². The van der Waals surface area contributed by atoms with Crippen LogP contribution in [0.15, 0.2) is 279 Å². The van der Waals surface area contributed by atoms with Gasteiger partial charge in [-0.25, -0.2) is 0 Å². The maximum atomic E-state index is 4.15. The van der Waals surface area contributed by atoms with Crippen molar-refractivity contribution in [3.05, 3.63) is 301 Å². The fraction of sp³-hybridized carbons (Fsp3) is 0.0541. The molecule has 10 aromatic carbocycles. The molecule has 0 N–H and O–H groups in total. The minimum absolute atomic E-state index is 0.463. The average molecular weight is 986 g/mol. The number of benzene rings is 10. The van der Waals surface area contributed by atoms with Crippen molar-refractivity contribution in [2.75, 3.05) is 4.90 Å². The molecular formula is C74H55N3. The molecule has 0 saturated carbocycles. The first kappa shape index (κ1) is 45.9. The zero-order valence-corrected chi connectivity index (χ0v) is 43.5. The molecule has 3 heteroatoms. The van der Waals surface area contributed by atoms with Crippen molar-refractivity contribution in [3.8, 4) is 39.1 Å². The number of allylic oxidation sites excluding steroid dienone is 9. The van der Waals surface area contributed by atoms with Gasteiger partial charge in [0.05, 0.1) is 33.2 Å². The molecule has 1 unspecified atom stereocenters. The fourth-order valence-corrected chi connectivity index (χ4v) is 13.3. The number of para-hydroxylation sites is 2. The molecule has 2 aliphatic carbocycles. The summed E-state index contributed by atoms with van der Waals surface area (Å²) in [5.41, 5.74) is 24.8. The fourth-order valence-electron chi connectivity index (χ4n) is 13.3. The molecule has 1 spiro atoms. The third-order valence-corrected chi connectivity index (χ3v) is 16.3. The number of nitrogens with zero attached hydrogens (tertiary/aromatic N) is 3. The van der Waals surface area contributed by atoms with Gasteiger partial charge in [-0.1, -0.05) is 207 Å². The van der Waals surface area contributed by atoms with Gasteiger partial charge in [0.15, 0.2) is 0 Å². The molecule has 12 aromatic rings.